The van der Waals surface area contributed by atoms with Crippen molar-refractivity contribution in [2.24, 2.45) is 5.73 Å². The van der Waals surface area contributed by atoms with Crippen molar-refractivity contribution >= 4 is 17.3 Å². The molecule has 0 fully saturated rings. The van der Waals surface area contributed by atoms with Gasteiger partial charge in [-0.2, -0.15) is 0 Å². The summed E-state index contributed by atoms with van der Waals surface area (Å²) in [6.07, 6.45) is 1.62. The third-order valence-electron chi connectivity index (χ3n) is 2.57. The van der Waals surface area contributed by atoms with E-state index in [1.54, 1.807) is 0 Å². The second-order valence-electron chi connectivity index (χ2n) is 4.33. The van der Waals surface area contributed by atoms with Crippen LogP contribution in [0.4, 0.5) is 11.4 Å². The summed E-state index contributed by atoms with van der Waals surface area (Å²) in [5, 5.41) is 2.83. The molecule has 1 amide bonds. The smallest absolute Gasteiger partial charge is 0.241 e. The fourth-order valence-electron chi connectivity index (χ4n) is 1.54. The van der Waals surface area contributed by atoms with Gasteiger partial charge in [0.25, 0.3) is 0 Å². The van der Waals surface area contributed by atoms with E-state index in [-0.39, 0.29) is 5.91 Å². The number of nitrogens with two attached hydrogens (primary N) is 1. The summed E-state index contributed by atoms with van der Waals surface area (Å²) < 4.78 is 0. The van der Waals surface area contributed by atoms with Crippen LogP contribution in [0.3, 0.4) is 0 Å². The minimum Gasteiger partial charge on any atom is -0.378 e. The highest BCUT2D eigenvalue weighted by molar-refractivity contribution is 5.95. The molecule has 1 aromatic rings. The van der Waals surface area contributed by atoms with Crippen molar-refractivity contribution in [3.05, 3.63) is 24.3 Å². The highest BCUT2D eigenvalue weighted by atomic mass is 16.2. The van der Waals surface area contributed by atoms with E-state index in [2.05, 4.69) is 5.32 Å². The molecule has 0 radical (unpaired) electrons. The van der Waals surface area contributed by atoms with Crippen LogP contribution in [-0.4, -0.2) is 26.0 Å². The van der Waals surface area contributed by atoms with E-state index in [0.29, 0.717) is 6.42 Å². The predicted molar refractivity (Wildman–Crippen MR) is 72.3 cm³/mol. The third-order valence-corrected chi connectivity index (χ3v) is 2.57. The first-order chi connectivity index (χ1) is 8.04. The first-order valence-electron chi connectivity index (χ1n) is 5.88. The summed E-state index contributed by atoms with van der Waals surface area (Å²) in [6, 6.07) is 7.26. The zero-order chi connectivity index (χ0) is 12.8. The minimum absolute atomic E-state index is 0.122. The lowest BCUT2D eigenvalue weighted by atomic mass is 10.1. The third kappa shape index (κ3) is 4.07. The molecule has 0 aliphatic heterocycles. The van der Waals surface area contributed by atoms with Crippen molar-refractivity contribution in [3.8, 4) is 0 Å². The standard InChI is InChI=1S/C13H21N3O/c1-4-6-12(14)13(17)15-10-7-5-8-11(9-10)16(2)3/h5,7-9,12H,4,6,14H2,1-3H3,(H,15,17)/t12-/m1/s1. The zero-order valence-corrected chi connectivity index (χ0v) is 10.7. The highest BCUT2D eigenvalue weighted by Gasteiger charge is 2.12. The lowest BCUT2D eigenvalue weighted by Crippen LogP contribution is -2.35. The number of benzene rings is 1. The SMILES string of the molecule is CCC[C@@H](N)C(=O)Nc1cccc(N(C)C)c1. The van der Waals surface area contributed by atoms with Gasteiger partial charge in [0.2, 0.25) is 5.91 Å². The number of carbonyl (C=O) groups is 1. The van der Waals surface area contributed by atoms with Gasteiger partial charge in [-0.25, -0.2) is 0 Å². The number of amides is 1. The molecule has 94 valence electrons. The normalized spacial score (nSPS) is 12.0. The number of rotatable bonds is 5. The summed E-state index contributed by atoms with van der Waals surface area (Å²) >= 11 is 0. The van der Waals surface area contributed by atoms with Gasteiger partial charge < -0.3 is 16.0 Å². The number of carbonyl (C=O) groups excluding carboxylic acids is 1. The molecule has 0 aliphatic rings. The van der Waals surface area contributed by atoms with Gasteiger partial charge >= 0.3 is 0 Å². The second kappa shape index (κ2) is 6.25. The van der Waals surface area contributed by atoms with Crippen LogP contribution in [0, 0.1) is 0 Å². The summed E-state index contributed by atoms with van der Waals surface area (Å²) in [5.41, 5.74) is 7.58. The highest BCUT2D eigenvalue weighted by Crippen LogP contribution is 2.17. The molecule has 3 N–H and O–H groups in total. The predicted octanol–water partition coefficient (Wildman–Crippen LogP) is 1.82. The number of nitrogens with zero attached hydrogens (tertiary/aromatic N) is 1. The van der Waals surface area contributed by atoms with Gasteiger partial charge in [-0.1, -0.05) is 19.4 Å². The van der Waals surface area contributed by atoms with Gasteiger partial charge in [0.05, 0.1) is 6.04 Å². The summed E-state index contributed by atoms with van der Waals surface area (Å²) in [5.74, 6) is -0.122. The van der Waals surface area contributed by atoms with Crippen LogP contribution in [0.5, 0.6) is 0 Å². The zero-order valence-electron chi connectivity index (χ0n) is 10.7. The maximum absolute atomic E-state index is 11.7. The van der Waals surface area contributed by atoms with Gasteiger partial charge in [0.15, 0.2) is 0 Å². The van der Waals surface area contributed by atoms with Crippen LogP contribution in [0.1, 0.15) is 19.8 Å². The molecule has 1 rings (SSSR count). The van der Waals surface area contributed by atoms with Crippen LogP contribution in [0.2, 0.25) is 0 Å². The molecule has 1 aromatic carbocycles. The van der Waals surface area contributed by atoms with Crippen LogP contribution < -0.4 is 16.0 Å². The fourth-order valence-corrected chi connectivity index (χ4v) is 1.54. The Kier molecular flexibility index (Phi) is 4.97. The van der Waals surface area contributed by atoms with Gasteiger partial charge in [-0.05, 0) is 24.6 Å². The number of hydrogen-bond acceptors (Lipinski definition) is 3. The molecule has 0 spiro atoms. The average Bonchev–Trinajstić information content (AvgIpc) is 2.29. The molecule has 17 heavy (non-hydrogen) atoms. The van der Waals surface area contributed by atoms with Crippen molar-refractivity contribution in [2.75, 3.05) is 24.3 Å². The first kappa shape index (κ1) is 13.5. The lowest BCUT2D eigenvalue weighted by Gasteiger charge is -2.15. The Labute approximate surface area is 103 Å². The van der Waals surface area contributed by atoms with Crippen molar-refractivity contribution < 1.29 is 4.79 Å². The molecule has 0 aromatic heterocycles. The van der Waals surface area contributed by atoms with Crippen LogP contribution in [0.25, 0.3) is 0 Å². The Bertz CT molecular complexity index is 377. The molecule has 4 heteroatoms. The lowest BCUT2D eigenvalue weighted by molar-refractivity contribution is -0.117. The monoisotopic (exact) mass is 235 g/mol. The second-order valence-corrected chi connectivity index (χ2v) is 4.33. The minimum atomic E-state index is -0.428. The topological polar surface area (TPSA) is 58.4 Å². The van der Waals surface area contributed by atoms with Crippen LogP contribution in [0.15, 0.2) is 24.3 Å². The largest absolute Gasteiger partial charge is 0.378 e. The Balaban J connectivity index is 2.68. The maximum atomic E-state index is 11.7. The van der Waals surface area contributed by atoms with Crippen molar-refractivity contribution in [2.45, 2.75) is 25.8 Å². The Morgan fingerprint density at radius 3 is 2.76 bits per heavy atom. The molecule has 0 unspecified atom stereocenters. The Morgan fingerprint density at radius 2 is 2.18 bits per heavy atom. The van der Waals surface area contributed by atoms with E-state index in [0.717, 1.165) is 17.8 Å². The van der Waals surface area contributed by atoms with Crippen molar-refractivity contribution in [3.63, 3.8) is 0 Å². The number of nitrogens with one attached hydrogen (secondary N) is 1. The van der Waals surface area contributed by atoms with E-state index in [9.17, 15) is 4.79 Å². The summed E-state index contributed by atoms with van der Waals surface area (Å²) in [7, 11) is 3.92. The molecule has 0 aliphatic carbocycles. The van der Waals surface area contributed by atoms with Crippen molar-refractivity contribution in [1.29, 1.82) is 0 Å². The summed E-state index contributed by atoms with van der Waals surface area (Å²) in [4.78, 5) is 13.7. The molecular formula is C13H21N3O. The average molecular weight is 235 g/mol. The molecule has 0 bridgehead atoms. The first-order valence-corrected chi connectivity index (χ1v) is 5.88. The molecule has 0 saturated heterocycles. The van der Waals surface area contributed by atoms with Gasteiger partial charge in [-0.3, -0.25) is 4.79 Å². The van der Waals surface area contributed by atoms with E-state index < -0.39 is 6.04 Å². The van der Waals surface area contributed by atoms with Gasteiger partial charge in [0.1, 0.15) is 0 Å². The maximum Gasteiger partial charge on any atom is 0.241 e. The van der Waals surface area contributed by atoms with Crippen LogP contribution >= 0.6 is 0 Å². The molecule has 4 nitrogen and oxygen atoms in total. The molecule has 0 heterocycles. The quantitative estimate of drug-likeness (QED) is 0.818. The molecule has 1 atom stereocenters. The van der Waals surface area contributed by atoms with Gasteiger partial charge in [0, 0.05) is 25.5 Å². The van der Waals surface area contributed by atoms with E-state index in [1.165, 1.54) is 0 Å². The summed E-state index contributed by atoms with van der Waals surface area (Å²) in [6.45, 7) is 2.01. The number of hydrogen-bond donors (Lipinski definition) is 2. The Morgan fingerprint density at radius 1 is 1.47 bits per heavy atom. The van der Waals surface area contributed by atoms with Gasteiger partial charge in [-0.15, -0.1) is 0 Å². The van der Waals surface area contributed by atoms with E-state index in [4.69, 9.17) is 5.73 Å². The van der Waals surface area contributed by atoms with Crippen molar-refractivity contribution in [1.82, 2.24) is 0 Å². The Hall–Kier alpha value is -1.55. The molecule has 0 saturated carbocycles. The van der Waals surface area contributed by atoms with E-state index in [1.807, 2.05) is 50.2 Å². The van der Waals surface area contributed by atoms with E-state index >= 15 is 0 Å². The number of anilines is 2. The fraction of sp³-hybridized carbons (Fsp3) is 0.462. The molecular weight excluding hydrogens is 214 g/mol. The van der Waals surface area contributed by atoms with Crippen LogP contribution in [-0.2, 0) is 4.79 Å².